The van der Waals surface area contributed by atoms with Gasteiger partial charge in [0, 0.05) is 24.3 Å². The van der Waals surface area contributed by atoms with Crippen LogP contribution < -0.4 is 0 Å². The van der Waals surface area contributed by atoms with Crippen LogP contribution in [0.15, 0.2) is 242 Å². The van der Waals surface area contributed by atoms with Gasteiger partial charge in [0.15, 0.2) is 12.4 Å². The van der Waals surface area contributed by atoms with Gasteiger partial charge in [-0.05, 0) is 137 Å². The van der Waals surface area contributed by atoms with Crippen molar-refractivity contribution in [1.82, 2.24) is 0 Å². The second-order valence-electron chi connectivity index (χ2n) is 17.2. The van der Waals surface area contributed by atoms with Crippen molar-refractivity contribution in [3.05, 3.63) is 270 Å². The van der Waals surface area contributed by atoms with E-state index in [-0.39, 0.29) is 5.41 Å². The molecule has 0 aromatic heterocycles. The Hall–Kier alpha value is -7.35. The Morgan fingerprint density at radius 1 is 0.671 bits per heavy atom. The molecule has 0 saturated carbocycles. The van der Waals surface area contributed by atoms with Crippen LogP contribution in [0.5, 0.6) is 0 Å². The highest BCUT2D eigenvalue weighted by molar-refractivity contribution is 5.91. The van der Waals surface area contributed by atoms with Gasteiger partial charge in [0.1, 0.15) is 0 Å². The molecule has 1 heteroatoms. The molecule has 5 aromatic rings. The molecule has 70 heavy (non-hydrogen) atoms. The van der Waals surface area contributed by atoms with Crippen LogP contribution >= 0.6 is 0 Å². The summed E-state index contributed by atoms with van der Waals surface area (Å²) < 4.78 is 2.19. The average molecular weight is 917 g/mol. The lowest BCUT2D eigenvalue weighted by atomic mass is 9.64. The Labute approximate surface area is 422 Å². The minimum atomic E-state index is -0.384. The molecule has 5 aromatic carbocycles. The van der Waals surface area contributed by atoms with E-state index in [0.29, 0.717) is 0 Å². The van der Waals surface area contributed by atoms with Gasteiger partial charge in [0.25, 0.3) is 0 Å². The van der Waals surface area contributed by atoms with Gasteiger partial charge >= 0.3 is 0 Å². The molecule has 3 aliphatic rings. The normalized spacial score (nSPS) is 16.6. The van der Waals surface area contributed by atoms with Crippen LogP contribution in [-0.2, 0) is 5.41 Å². The Balaban J connectivity index is 0.00000196. The van der Waals surface area contributed by atoms with Crippen molar-refractivity contribution >= 4 is 23.0 Å². The predicted octanol–water partition coefficient (Wildman–Crippen LogP) is 19.8. The third kappa shape index (κ3) is 11.2. The quantitative estimate of drug-likeness (QED) is 0.0527. The predicted molar refractivity (Wildman–Crippen MR) is 310 cm³/mol. The van der Waals surface area contributed by atoms with E-state index in [4.69, 9.17) is 0 Å². The number of aryl methyl sites for hydroxylation is 1. The van der Waals surface area contributed by atoms with Crippen LogP contribution in [0.3, 0.4) is 0 Å². The molecule has 8 rings (SSSR count). The highest BCUT2D eigenvalue weighted by Gasteiger charge is 2.47. The summed E-state index contributed by atoms with van der Waals surface area (Å²) in [5.41, 5.74) is 21.3. The van der Waals surface area contributed by atoms with Gasteiger partial charge in [-0.15, -0.1) is 0 Å². The highest BCUT2D eigenvalue weighted by Crippen LogP contribution is 2.58. The highest BCUT2D eigenvalue weighted by atomic mass is 15.0. The Morgan fingerprint density at radius 3 is 2.10 bits per heavy atom. The van der Waals surface area contributed by atoms with Crippen LogP contribution in [0.1, 0.15) is 108 Å². The molecule has 0 heterocycles. The van der Waals surface area contributed by atoms with Crippen molar-refractivity contribution in [2.45, 2.75) is 92.9 Å². The molecule has 354 valence electrons. The standard InChI is InChI=1S/C65H62N.2C2H6/c1-7-12-13-19-43-66(44-42-49(22-8-2)54-35-34-48(6)61(46-54)59-32-21-26-52(59)23-9-3)58-30-20-27-53(45-58)50-36-38-51(39-37-50)55-40-41-64-62(47-55)60-31-17-18-33-63(60)65(64,56(24-10-4)25-11-5)57-28-15-14-16-29-57;2*1-2/h7-8,10-15,17-22,24-25,27-28,30-47H,1,4,9,16,23,26,29H2,2-3,5-6H3;2*1-2H3/q+1;;/b13-12-,22-8-,25-11-,43-19-,49-42+,56-24+,66-44-;;. The molecule has 0 bridgehead atoms. The molecule has 1 atom stereocenters. The molecule has 3 aliphatic carbocycles. The van der Waals surface area contributed by atoms with Gasteiger partial charge in [-0.3, -0.25) is 0 Å². The summed E-state index contributed by atoms with van der Waals surface area (Å²) >= 11 is 0. The first-order chi connectivity index (χ1) is 34.4. The van der Waals surface area contributed by atoms with E-state index in [9.17, 15) is 0 Å². The van der Waals surface area contributed by atoms with Crippen LogP contribution in [0, 0.1) is 6.92 Å². The second-order valence-corrected chi connectivity index (χ2v) is 17.2. The van der Waals surface area contributed by atoms with Gasteiger partial charge in [-0.25, -0.2) is 0 Å². The third-order valence-electron chi connectivity index (χ3n) is 13.1. The molecule has 0 saturated heterocycles. The topological polar surface area (TPSA) is 3.01 Å². The largest absolute Gasteiger partial charge is 0.211 e. The van der Waals surface area contributed by atoms with Crippen molar-refractivity contribution in [2.75, 3.05) is 0 Å². The summed E-state index contributed by atoms with van der Waals surface area (Å²) in [4.78, 5) is 0. The van der Waals surface area contributed by atoms with E-state index in [1.807, 2.05) is 45.9 Å². The molecule has 0 aliphatic heterocycles. The molecule has 0 radical (unpaired) electrons. The van der Waals surface area contributed by atoms with Crippen LogP contribution in [0.4, 0.5) is 5.69 Å². The summed E-state index contributed by atoms with van der Waals surface area (Å²) in [6, 6.07) is 40.8. The van der Waals surface area contributed by atoms with Gasteiger partial charge in [0.05, 0.1) is 5.41 Å². The molecule has 1 nitrogen and oxygen atoms in total. The maximum Gasteiger partial charge on any atom is 0.211 e. The van der Waals surface area contributed by atoms with E-state index in [2.05, 4.69) is 240 Å². The second kappa shape index (κ2) is 25.9. The zero-order chi connectivity index (χ0) is 49.9. The minimum Gasteiger partial charge on any atom is -0.167 e. The molecular weight excluding hydrogens is 843 g/mol. The summed E-state index contributed by atoms with van der Waals surface area (Å²) in [6.45, 7) is 24.7. The summed E-state index contributed by atoms with van der Waals surface area (Å²) in [5, 5.41) is 0. The number of fused-ring (bicyclic) bond motifs is 3. The Kier molecular flexibility index (Phi) is 19.2. The first-order valence-electron chi connectivity index (χ1n) is 25.6. The minimum absolute atomic E-state index is 0.384. The van der Waals surface area contributed by atoms with Crippen molar-refractivity contribution in [2.24, 2.45) is 0 Å². The Bertz CT molecular complexity index is 2990. The van der Waals surface area contributed by atoms with E-state index in [0.717, 1.165) is 48.9 Å². The van der Waals surface area contributed by atoms with Crippen LogP contribution in [0.25, 0.3) is 44.5 Å². The summed E-state index contributed by atoms with van der Waals surface area (Å²) in [5.74, 6) is 0. The number of allylic oxidation sites excluding steroid dienone is 21. The van der Waals surface area contributed by atoms with Crippen molar-refractivity contribution in [1.29, 1.82) is 0 Å². The maximum atomic E-state index is 4.14. The van der Waals surface area contributed by atoms with Gasteiger partial charge < -0.3 is 0 Å². The molecule has 1 unspecified atom stereocenters. The fraction of sp³-hybridized carbons (Fsp3) is 0.203. The lowest BCUT2D eigenvalue weighted by Gasteiger charge is -2.37. The number of rotatable bonds is 16. The number of hydrogen-bond donors (Lipinski definition) is 0. The van der Waals surface area contributed by atoms with Crippen molar-refractivity contribution < 1.29 is 4.58 Å². The van der Waals surface area contributed by atoms with Gasteiger partial charge in [-0.2, -0.15) is 4.58 Å². The fourth-order valence-electron chi connectivity index (χ4n) is 10.1. The van der Waals surface area contributed by atoms with E-state index < -0.39 is 0 Å². The van der Waals surface area contributed by atoms with Crippen molar-refractivity contribution in [3.63, 3.8) is 0 Å². The lowest BCUT2D eigenvalue weighted by Crippen LogP contribution is -2.30. The molecule has 0 N–H and O–H groups in total. The maximum absolute atomic E-state index is 4.14. The van der Waals surface area contributed by atoms with Crippen LogP contribution in [-0.4, -0.2) is 10.8 Å². The first-order valence-corrected chi connectivity index (χ1v) is 25.6. The number of nitrogens with zero attached hydrogens (tertiary/aromatic N) is 1. The van der Waals surface area contributed by atoms with Crippen molar-refractivity contribution in [3.8, 4) is 33.4 Å². The fourth-order valence-corrected chi connectivity index (χ4v) is 10.1. The molecule has 0 spiro atoms. The van der Waals surface area contributed by atoms with Gasteiger partial charge in [0.2, 0.25) is 5.69 Å². The van der Waals surface area contributed by atoms with E-state index in [1.54, 1.807) is 6.08 Å². The molecule has 0 amide bonds. The van der Waals surface area contributed by atoms with E-state index in [1.165, 1.54) is 77.9 Å². The zero-order valence-electron chi connectivity index (χ0n) is 43.2. The number of benzene rings is 5. The third-order valence-corrected chi connectivity index (χ3v) is 13.1. The van der Waals surface area contributed by atoms with Gasteiger partial charge in [-0.1, -0.05) is 235 Å². The smallest absolute Gasteiger partial charge is 0.167 e. The first kappa shape index (κ1) is 52.0. The SMILES string of the molecule is C=C\C=C/C=C\[N+](=C\C=C(/C=C\C)c1ccc(C)c(C2=C(CCC)CC=C2)c1)c1cccc(-c2ccc(-c3ccc4c(c3)-c3ccccc3C4(C3=CC=CCC3)C(/C=C\C)=C/C=C)cc2)c1.CC.CC. The Morgan fingerprint density at radius 2 is 1.40 bits per heavy atom. The average Bonchev–Trinajstić information content (AvgIpc) is 4.00. The number of hydrogen-bond acceptors (Lipinski definition) is 0. The summed E-state index contributed by atoms with van der Waals surface area (Å²) in [6.07, 6.45) is 44.1. The zero-order valence-corrected chi connectivity index (χ0v) is 43.2. The summed E-state index contributed by atoms with van der Waals surface area (Å²) in [7, 11) is 0. The van der Waals surface area contributed by atoms with Crippen LogP contribution in [0.2, 0.25) is 0 Å². The molecule has 0 fully saturated rings. The lowest BCUT2D eigenvalue weighted by molar-refractivity contribution is -0.353. The molecular formula is C69H74N+. The van der Waals surface area contributed by atoms with E-state index >= 15 is 0 Å². The monoisotopic (exact) mass is 917 g/mol.